The average Bonchev–Trinajstić information content (AvgIpc) is 2.59. The summed E-state index contributed by atoms with van der Waals surface area (Å²) in [7, 11) is 0. The van der Waals surface area contributed by atoms with E-state index in [9.17, 15) is 13.2 Å². The van der Waals surface area contributed by atoms with E-state index in [4.69, 9.17) is 11.6 Å². The summed E-state index contributed by atoms with van der Waals surface area (Å²) in [4.78, 5) is 2.30. The predicted octanol–water partition coefficient (Wildman–Crippen LogP) is 5.00. The van der Waals surface area contributed by atoms with Crippen LogP contribution in [0.5, 0.6) is 5.75 Å². The van der Waals surface area contributed by atoms with Crippen LogP contribution in [0.1, 0.15) is 17.2 Å². The Hall–Kier alpha value is -1.28. The molecular weight excluding hydrogens is 433 g/mol. The fourth-order valence-corrected chi connectivity index (χ4v) is 3.60. The molecule has 1 N–H and O–H groups in total. The molecule has 0 amide bonds. The van der Waals surface area contributed by atoms with Crippen molar-refractivity contribution >= 4 is 27.5 Å². The normalized spacial score (nSPS) is 17.1. The van der Waals surface area contributed by atoms with E-state index in [1.54, 1.807) is 12.1 Å². The van der Waals surface area contributed by atoms with E-state index < -0.39 is 6.36 Å². The lowest BCUT2D eigenvalue weighted by atomic mass is 9.96. The van der Waals surface area contributed by atoms with Gasteiger partial charge in [0.25, 0.3) is 0 Å². The Labute approximate surface area is 163 Å². The van der Waals surface area contributed by atoms with Crippen molar-refractivity contribution in [3.63, 3.8) is 0 Å². The number of hydrogen-bond acceptors (Lipinski definition) is 3. The number of halogens is 5. The number of rotatable bonds is 4. The van der Waals surface area contributed by atoms with Crippen LogP contribution in [0.3, 0.4) is 0 Å². The van der Waals surface area contributed by atoms with Gasteiger partial charge in [0.2, 0.25) is 0 Å². The fourth-order valence-electron chi connectivity index (χ4n) is 3.09. The average molecular weight is 450 g/mol. The van der Waals surface area contributed by atoms with Crippen molar-refractivity contribution in [2.24, 2.45) is 0 Å². The van der Waals surface area contributed by atoms with Crippen LogP contribution in [-0.4, -0.2) is 37.4 Å². The summed E-state index contributed by atoms with van der Waals surface area (Å²) < 4.78 is 41.9. The Morgan fingerprint density at radius 3 is 2.23 bits per heavy atom. The molecule has 0 saturated carbocycles. The summed E-state index contributed by atoms with van der Waals surface area (Å²) in [6, 6.07) is 11.7. The van der Waals surface area contributed by atoms with Gasteiger partial charge in [-0.25, -0.2) is 0 Å². The highest BCUT2D eigenvalue weighted by molar-refractivity contribution is 9.10. The van der Waals surface area contributed by atoms with Crippen molar-refractivity contribution in [3.05, 3.63) is 63.1 Å². The zero-order valence-corrected chi connectivity index (χ0v) is 16.0. The van der Waals surface area contributed by atoms with Gasteiger partial charge in [-0.15, -0.1) is 13.2 Å². The number of nitrogens with zero attached hydrogens (tertiary/aromatic N) is 1. The summed E-state index contributed by atoms with van der Waals surface area (Å²) in [6.45, 7) is 3.40. The van der Waals surface area contributed by atoms with Crippen LogP contribution < -0.4 is 10.1 Å². The van der Waals surface area contributed by atoms with Gasteiger partial charge in [-0.05, 0) is 51.3 Å². The van der Waals surface area contributed by atoms with Crippen molar-refractivity contribution in [3.8, 4) is 5.75 Å². The summed E-state index contributed by atoms with van der Waals surface area (Å²) >= 11 is 9.55. The monoisotopic (exact) mass is 448 g/mol. The standard InChI is InChI=1S/C18H17BrClF3N2O/c19-15-11-13(3-6-16(15)20)17(25-9-7-24-8-10-25)12-1-4-14(5-2-12)26-18(21,22)23/h1-6,11,17,24H,7-10H2/t17-/m1/s1. The molecular formula is C18H17BrClF3N2O. The molecule has 0 aromatic heterocycles. The lowest BCUT2D eigenvalue weighted by Gasteiger charge is -2.35. The van der Waals surface area contributed by atoms with Gasteiger partial charge in [0.05, 0.1) is 11.1 Å². The Bertz CT molecular complexity index is 749. The Balaban J connectivity index is 1.93. The molecule has 1 atom stereocenters. The number of alkyl halides is 3. The maximum Gasteiger partial charge on any atom is 0.573 e. The van der Waals surface area contributed by atoms with Crippen molar-refractivity contribution in [2.75, 3.05) is 26.2 Å². The minimum atomic E-state index is -4.69. The van der Waals surface area contributed by atoms with Crippen molar-refractivity contribution in [1.82, 2.24) is 10.2 Å². The molecule has 3 rings (SSSR count). The summed E-state index contributed by atoms with van der Waals surface area (Å²) in [6.07, 6.45) is -4.69. The highest BCUT2D eigenvalue weighted by Gasteiger charge is 2.31. The summed E-state index contributed by atoms with van der Waals surface area (Å²) in [5.74, 6) is -0.224. The quantitative estimate of drug-likeness (QED) is 0.711. The zero-order valence-electron chi connectivity index (χ0n) is 13.7. The van der Waals surface area contributed by atoms with Gasteiger partial charge in [0.15, 0.2) is 0 Å². The molecule has 0 unspecified atom stereocenters. The molecule has 26 heavy (non-hydrogen) atoms. The zero-order chi connectivity index (χ0) is 18.7. The van der Waals surface area contributed by atoms with Crippen LogP contribution in [-0.2, 0) is 0 Å². The Morgan fingerprint density at radius 2 is 1.65 bits per heavy atom. The molecule has 1 fully saturated rings. The third kappa shape index (κ3) is 4.91. The van der Waals surface area contributed by atoms with Gasteiger partial charge in [-0.3, -0.25) is 4.90 Å². The molecule has 2 aromatic rings. The Morgan fingerprint density at radius 1 is 1.04 bits per heavy atom. The van der Waals surface area contributed by atoms with Crippen LogP contribution in [0, 0.1) is 0 Å². The molecule has 0 bridgehead atoms. The topological polar surface area (TPSA) is 24.5 Å². The van der Waals surface area contributed by atoms with Gasteiger partial charge < -0.3 is 10.1 Å². The van der Waals surface area contributed by atoms with Gasteiger partial charge in [-0.1, -0.05) is 29.8 Å². The minimum absolute atomic E-state index is 0.0781. The van der Waals surface area contributed by atoms with Gasteiger partial charge >= 0.3 is 6.36 Å². The molecule has 1 saturated heterocycles. The van der Waals surface area contributed by atoms with E-state index in [0.717, 1.165) is 41.8 Å². The van der Waals surface area contributed by atoms with Crippen LogP contribution in [0.4, 0.5) is 13.2 Å². The third-order valence-corrected chi connectivity index (χ3v) is 5.42. The molecule has 3 nitrogen and oxygen atoms in total. The van der Waals surface area contributed by atoms with E-state index in [0.29, 0.717) is 5.02 Å². The van der Waals surface area contributed by atoms with E-state index in [-0.39, 0.29) is 11.8 Å². The van der Waals surface area contributed by atoms with Crippen LogP contribution in [0.15, 0.2) is 46.9 Å². The predicted molar refractivity (Wildman–Crippen MR) is 98.6 cm³/mol. The van der Waals surface area contributed by atoms with E-state index in [1.165, 1.54) is 12.1 Å². The van der Waals surface area contributed by atoms with Gasteiger partial charge in [-0.2, -0.15) is 0 Å². The smallest absolute Gasteiger partial charge is 0.406 e. The molecule has 140 valence electrons. The van der Waals surface area contributed by atoms with Crippen LogP contribution >= 0.6 is 27.5 Å². The number of nitrogens with one attached hydrogen (secondary N) is 1. The first-order valence-corrected chi connectivity index (χ1v) is 9.26. The second kappa shape index (κ2) is 8.17. The minimum Gasteiger partial charge on any atom is -0.406 e. The summed E-state index contributed by atoms with van der Waals surface area (Å²) in [5, 5.41) is 3.92. The van der Waals surface area contributed by atoms with Crippen LogP contribution in [0.2, 0.25) is 5.02 Å². The van der Waals surface area contributed by atoms with Gasteiger partial charge in [0, 0.05) is 30.7 Å². The lowest BCUT2D eigenvalue weighted by molar-refractivity contribution is -0.274. The number of hydrogen-bond donors (Lipinski definition) is 1. The highest BCUT2D eigenvalue weighted by atomic mass is 79.9. The maximum atomic E-state index is 12.4. The highest BCUT2D eigenvalue weighted by Crippen LogP contribution is 2.34. The molecule has 0 aliphatic carbocycles. The molecule has 0 radical (unpaired) electrons. The molecule has 1 aliphatic rings. The second-order valence-corrected chi connectivity index (χ2v) is 7.24. The third-order valence-electron chi connectivity index (χ3n) is 4.21. The second-order valence-electron chi connectivity index (χ2n) is 5.98. The first-order valence-electron chi connectivity index (χ1n) is 8.09. The van der Waals surface area contributed by atoms with Crippen molar-refractivity contribution in [1.29, 1.82) is 0 Å². The summed E-state index contributed by atoms with van der Waals surface area (Å²) in [5.41, 5.74) is 1.92. The van der Waals surface area contributed by atoms with Crippen LogP contribution in [0.25, 0.3) is 0 Å². The largest absolute Gasteiger partial charge is 0.573 e. The first-order chi connectivity index (χ1) is 12.3. The van der Waals surface area contributed by atoms with Crippen molar-refractivity contribution in [2.45, 2.75) is 12.4 Å². The lowest BCUT2D eigenvalue weighted by Crippen LogP contribution is -2.45. The SMILES string of the molecule is FC(F)(F)Oc1ccc([C@H](c2ccc(Cl)c(Br)c2)N2CCNCC2)cc1. The number of ether oxygens (including phenoxy) is 1. The Kier molecular flexibility index (Phi) is 6.12. The molecule has 1 heterocycles. The van der Waals surface area contributed by atoms with Gasteiger partial charge in [0.1, 0.15) is 5.75 Å². The van der Waals surface area contributed by atoms with E-state index in [2.05, 4.69) is 30.9 Å². The number of benzene rings is 2. The molecule has 2 aromatic carbocycles. The maximum absolute atomic E-state index is 12.4. The van der Waals surface area contributed by atoms with E-state index in [1.807, 2.05) is 18.2 Å². The van der Waals surface area contributed by atoms with Crippen molar-refractivity contribution < 1.29 is 17.9 Å². The van der Waals surface area contributed by atoms with E-state index >= 15 is 0 Å². The molecule has 1 aliphatic heterocycles. The number of piperazine rings is 1. The molecule has 0 spiro atoms. The fraction of sp³-hybridized carbons (Fsp3) is 0.333. The first kappa shape index (κ1) is 19.5. The molecule has 8 heteroatoms.